The molecule has 2 saturated heterocycles. The van der Waals surface area contributed by atoms with Crippen LogP contribution in [0.15, 0.2) is 53.4 Å². The molecule has 4 rings (SSSR count). The summed E-state index contributed by atoms with van der Waals surface area (Å²) in [5, 5.41) is 2.88. The molecule has 0 spiro atoms. The summed E-state index contributed by atoms with van der Waals surface area (Å²) < 4.78 is 24.0. The van der Waals surface area contributed by atoms with Crippen LogP contribution in [0.5, 0.6) is 0 Å². The summed E-state index contributed by atoms with van der Waals surface area (Å²) in [5.74, 6) is -1.33. The molecule has 0 radical (unpaired) electrons. The van der Waals surface area contributed by atoms with Crippen LogP contribution in [0.25, 0.3) is 0 Å². The molecule has 2 fully saturated rings. The second-order valence-electron chi connectivity index (χ2n) is 11.1. The molecular formula is C29H36N4O6S. The van der Waals surface area contributed by atoms with Crippen molar-refractivity contribution in [3.63, 3.8) is 0 Å². The van der Waals surface area contributed by atoms with E-state index >= 15 is 0 Å². The van der Waals surface area contributed by atoms with Crippen molar-refractivity contribution in [2.24, 2.45) is 5.92 Å². The molecule has 214 valence electrons. The number of fused-ring (bicyclic) bond motifs is 1. The maximum absolute atomic E-state index is 13.8. The molecule has 10 nitrogen and oxygen atoms in total. The van der Waals surface area contributed by atoms with Crippen molar-refractivity contribution in [1.82, 2.24) is 15.1 Å². The fraction of sp³-hybridized carbons (Fsp3) is 0.448. The Labute approximate surface area is 235 Å². The van der Waals surface area contributed by atoms with Gasteiger partial charge in [0.2, 0.25) is 5.91 Å². The van der Waals surface area contributed by atoms with Crippen molar-refractivity contribution in [3.05, 3.63) is 59.7 Å². The Balaban J connectivity index is 1.53. The van der Waals surface area contributed by atoms with Gasteiger partial charge in [-0.2, -0.15) is 0 Å². The Kier molecular flexibility index (Phi) is 8.34. The molecule has 11 heteroatoms. The van der Waals surface area contributed by atoms with Gasteiger partial charge in [0.15, 0.2) is 15.6 Å². The van der Waals surface area contributed by atoms with E-state index in [9.17, 15) is 27.6 Å². The van der Waals surface area contributed by atoms with Crippen LogP contribution in [0.2, 0.25) is 0 Å². The normalized spacial score (nSPS) is 19.5. The number of ketones is 1. The molecule has 0 aliphatic carbocycles. The van der Waals surface area contributed by atoms with Crippen molar-refractivity contribution in [3.8, 4) is 0 Å². The Morgan fingerprint density at radius 3 is 2.35 bits per heavy atom. The number of nitrogens with zero attached hydrogens (tertiary/aromatic N) is 3. The molecule has 3 atom stereocenters. The Bertz CT molecular complexity index is 1440. The fourth-order valence-electron chi connectivity index (χ4n) is 5.42. The first kappa shape index (κ1) is 29.3. The molecular weight excluding hydrogens is 532 g/mol. The molecule has 1 unspecified atom stereocenters. The number of likely N-dealkylation sites (tertiary alicyclic amines) is 2. The monoisotopic (exact) mass is 568 g/mol. The van der Waals surface area contributed by atoms with E-state index < -0.39 is 33.9 Å². The summed E-state index contributed by atoms with van der Waals surface area (Å²) in [7, 11) is 0.237. The zero-order chi connectivity index (χ0) is 29.4. The van der Waals surface area contributed by atoms with E-state index in [0.29, 0.717) is 18.4 Å². The average Bonchev–Trinajstić information content (AvgIpc) is 3.48. The number of carbonyl (C=O) groups excluding carboxylic acids is 4. The molecule has 3 amide bonds. The second-order valence-corrected chi connectivity index (χ2v) is 13.1. The van der Waals surface area contributed by atoms with E-state index in [-0.39, 0.29) is 47.1 Å². The van der Waals surface area contributed by atoms with Crippen LogP contribution < -0.4 is 10.2 Å². The van der Waals surface area contributed by atoms with Gasteiger partial charge in [0.05, 0.1) is 17.5 Å². The summed E-state index contributed by atoms with van der Waals surface area (Å²) in [6.45, 7) is 4.02. The molecule has 2 aliphatic heterocycles. The number of Topliss-reactive ketones (excluding diaryl/α,β-unsaturated/α-hetero) is 1. The van der Waals surface area contributed by atoms with E-state index in [4.69, 9.17) is 0 Å². The third kappa shape index (κ3) is 6.04. The smallest absolute Gasteiger partial charge is 0.254 e. The molecule has 0 bridgehead atoms. The standard InChI is InChI=1S/C29H36N4O6S/c1-18(2)14-23(30-27(35)19-8-6-10-21(15-19)31(3)4)29(37)32-13-12-24-26(32)25(34)17-33(24)28(36)20-9-7-11-22(16-20)40(5,38)39/h6-11,15-16,18,23-24,26H,12-14,17H2,1-5H3,(H,30,35)/t23-,24?,26-/m0/s1. The summed E-state index contributed by atoms with van der Waals surface area (Å²) in [6, 6.07) is 10.7. The number of benzene rings is 2. The summed E-state index contributed by atoms with van der Waals surface area (Å²) in [6.07, 6.45) is 1.87. The fourth-order valence-corrected chi connectivity index (χ4v) is 6.09. The Morgan fingerprint density at radius 1 is 1.02 bits per heavy atom. The molecule has 0 aromatic heterocycles. The van der Waals surface area contributed by atoms with E-state index in [2.05, 4.69) is 5.32 Å². The zero-order valence-electron chi connectivity index (χ0n) is 23.5. The highest BCUT2D eigenvalue weighted by Crippen LogP contribution is 2.32. The van der Waals surface area contributed by atoms with Crippen LogP contribution in [0.3, 0.4) is 0 Å². The summed E-state index contributed by atoms with van der Waals surface area (Å²) in [4.78, 5) is 58.3. The highest BCUT2D eigenvalue weighted by atomic mass is 32.2. The predicted molar refractivity (Wildman–Crippen MR) is 151 cm³/mol. The van der Waals surface area contributed by atoms with Gasteiger partial charge in [-0.1, -0.05) is 26.0 Å². The van der Waals surface area contributed by atoms with Gasteiger partial charge in [0, 0.05) is 43.7 Å². The number of anilines is 1. The van der Waals surface area contributed by atoms with Gasteiger partial charge < -0.3 is 20.0 Å². The minimum atomic E-state index is -3.51. The first-order valence-electron chi connectivity index (χ1n) is 13.3. The van der Waals surface area contributed by atoms with Crippen molar-refractivity contribution < 1.29 is 27.6 Å². The molecule has 2 heterocycles. The third-order valence-electron chi connectivity index (χ3n) is 7.41. The van der Waals surface area contributed by atoms with Crippen molar-refractivity contribution >= 4 is 39.0 Å². The Morgan fingerprint density at radius 2 is 1.70 bits per heavy atom. The molecule has 0 saturated carbocycles. The van der Waals surface area contributed by atoms with Gasteiger partial charge in [-0.05, 0) is 55.2 Å². The van der Waals surface area contributed by atoms with Crippen LogP contribution >= 0.6 is 0 Å². The van der Waals surface area contributed by atoms with Crippen LogP contribution in [0.1, 0.15) is 47.4 Å². The number of carbonyl (C=O) groups is 4. The Hall–Kier alpha value is -3.73. The largest absolute Gasteiger partial charge is 0.378 e. The van der Waals surface area contributed by atoms with Crippen LogP contribution in [-0.4, -0.2) is 93.3 Å². The lowest BCUT2D eigenvalue weighted by atomic mass is 10.0. The van der Waals surface area contributed by atoms with Crippen molar-refractivity contribution in [1.29, 1.82) is 0 Å². The first-order chi connectivity index (χ1) is 18.8. The van der Waals surface area contributed by atoms with Crippen LogP contribution in [0, 0.1) is 5.92 Å². The van der Waals surface area contributed by atoms with Crippen LogP contribution in [0.4, 0.5) is 5.69 Å². The maximum Gasteiger partial charge on any atom is 0.254 e. The number of hydrogen-bond acceptors (Lipinski definition) is 7. The molecule has 2 aromatic carbocycles. The molecule has 2 aromatic rings. The number of nitrogens with one attached hydrogen (secondary N) is 1. The molecule has 40 heavy (non-hydrogen) atoms. The van der Waals surface area contributed by atoms with E-state index in [1.54, 1.807) is 18.2 Å². The predicted octanol–water partition coefficient (Wildman–Crippen LogP) is 2.00. The number of rotatable bonds is 8. The summed E-state index contributed by atoms with van der Waals surface area (Å²) in [5.41, 5.74) is 1.45. The lowest BCUT2D eigenvalue weighted by molar-refractivity contribution is -0.138. The minimum Gasteiger partial charge on any atom is -0.378 e. The van der Waals surface area contributed by atoms with Crippen molar-refractivity contribution in [2.45, 2.75) is 49.7 Å². The highest BCUT2D eigenvalue weighted by Gasteiger charge is 2.52. The average molecular weight is 569 g/mol. The minimum absolute atomic E-state index is 0.0204. The van der Waals surface area contributed by atoms with Gasteiger partial charge in [-0.15, -0.1) is 0 Å². The molecule has 2 aliphatic rings. The van der Waals surface area contributed by atoms with Gasteiger partial charge in [0.1, 0.15) is 12.1 Å². The number of sulfone groups is 1. The third-order valence-corrected chi connectivity index (χ3v) is 8.52. The van der Waals surface area contributed by atoms with E-state index in [1.807, 2.05) is 38.9 Å². The van der Waals surface area contributed by atoms with E-state index in [1.165, 1.54) is 34.1 Å². The van der Waals surface area contributed by atoms with Gasteiger partial charge in [-0.3, -0.25) is 19.2 Å². The first-order valence-corrected chi connectivity index (χ1v) is 15.2. The van der Waals surface area contributed by atoms with E-state index in [0.717, 1.165) is 11.9 Å². The highest BCUT2D eigenvalue weighted by molar-refractivity contribution is 7.90. The van der Waals surface area contributed by atoms with Gasteiger partial charge >= 0.3 is 0 Å². The molecule has 1 N–H and O–H groups in total. The SMILES string of the molecule is CC(C)C[C@H](NC(=O)c1cccc(N(C)C)c1)C(=O)N1CCC2[C@H]1C(=O)CN2C(=O)c1cccc(S(C)(=O)=O)c1. The van der Waals surface area contributed by atoms with Crippen LogP contribution in [-0.2, 0) is 19.4 Å². The van der Waals surface area contributed by atoms with Gasteiger partial charge in [-0.25, -0.2) is 8.42 Å². The quantitative estimate of drug-likeness (QED) is 0.517. The second kappa shape index (κ2) is 11.4. The topological polar surface area (TPSA) is 124 Å². The lowest BCUT2D eigenvalue weighted by Crippen LogP contribution is -2.53. The number of hydrogen-bond donors (Lipinski definition) is 1. The number of amides is 3. The lowest BCUT2D eigenvalue weighted by Gasteiger charge is -2.29. The zero-order valence-corrected chi connectivity index (χ0v) is 24.3. The summed E-state index contributed by atoms with van der Waals surface area (Å²) >= 11 is 0. The van der Waals surface area contributed by atoms with Crippen molar-refractivity contribution in [2.75, 3.05) is 38.3 Å². The van der Waals surface area contributed by atoms with Gasteiger partial charge in [0.25, 0.3) is 11.8 Å². The maximum atomic E-state index is 13.8.